The van der Waals surface area contributed by atoms with E-state index in [0.29, 0.717) is 44.7 Å². The van der Waals surface area contributed by atoms with Crippen molar-refractivity contribution in [2.45, 2.75) is 12.8 Å². The Morgan fingerprint density at radius 2 is 1.55 bits per heavy atom. The van der Waals surface area contributed by atoms with E-state index in [1.165, 1.54) is 0 Å². The molecular weight excluding hydrogens is 418 g/mol. The summed E-state index contributed by atoms with van der Waals surface area (Å²) >= 11 is 0. The van der Waals surface area contributed by atoms with Gasteiger partial charge in [0.1, 0.15) is 11.3 Å². The molecular formula is C26H27N3O4. The molecule has 3 aromatic rings. The predicted molar refractivity (Wildman–Crippen MR) is 126 cm³/mol. The number of hydrogen-bond acceptors (Lipinski definition) is 4. The maximum absolute atomic E-state index is 12.9. The zero-order valence-electron chi connectivity index (χ0n) is 18.6. The molecule has 0 bridgehead atoms. The number of rotatable bonds is 6. The van der Waals surface area contributed by atoms with E-state index in [1.807, 2.05) is 54.6 Å². The Balaban J connectivity index is 1.31. The molecule has 0 radical (unpaired) electrons. The van der Waals surface area contributed by atoms with E-state index in [-0.39, 0.29) is 17.4 Å². The predicted octanol–water partition coefficient (Wildman–Crippen LogP) is 2.97. The van der Waals surface area contributed by atoms with Crippen LogP contribution in [0.25, 0.3) is 11.3 Å². The monoisotopic (exact) mass is 445 g/mol. The normalized spacial score (nSPS) is 13.6. The molecule has 7 nitrogen and oxygen atoms in total. The summed E-state index contributed by atoms with van der Waals surface area (Å²) in [5.74, 6) is 0.559. The summed E-state index contributed by atoms with van der Waals surface area (Å²) in [5, 5.41) is 0. The van der Waals surface area contributed by atoms with Gasteiger partial charge in [-0.2, -0.15) is 0 Å². The molecule has 1 aromatic heterocycles. The van der Waals surface area contributed by atoms with Crippen molar-refractivity contribution >= 4 is 11.8 Å². The minimum absolute atomic E-state index is 0.0722. The summed E-state index contributed by atoms with van der Waals surface area (Å²) in [7, 11) is 1.62. The maximum Gasteiger partial charge on any atom is 0.261 e. The summed E-state index contributed by atoms with van der Waals surface area (Å²) in [4.78, 5) is 44.3. The van der Waals surface area contributed by atoms with Gasteiger partial charge >= 0.3 is 0 Å². The number of nitrogens with zero attached hydrogens (tertiary/aromatic N) is 2. The SMILES string of the molecule is COc1ccc(CCC(=O)N2CCN(C(=O)c3ccc(-c4ccccc4)[nH]c3=O)CC2)cc1. The Bertz CT molecular complexity index is 1160. The minimum atomic E-state index is -0.403. The lowest BCUT2D eigenvalue weighted by molar-refractivity contribution is -0.132. The van der Waals surface area contributed by atoms with Gasteiger partial charge in [0, 0.05) is 38.3 Å². The second kappa shape index (κ2) is 10.2. The van der Waals surface area contributed by atoms with E-state index >= 15 is 0 Å². The molecule has 2 amide bonds. The molecule has 1 aliphatic rings. The van der Waals surface area contributed by atoms with Crippen LogP contribution in [0.3, 0.4) is 0 Å². The molecule has 1 fully saturated rings. The van der Waals surface area contributed by atoms with Crippen LogP contribution in [0.4, 0.5) is 0 Å². The van der Waals surface area contributed by atoms with Gasteiger partial charge < -0.3 is 19.5 Å². The van der Waals surface area contributed by atoms with Crippen LogP contribution in [0.1, 0.15) is 22.3 Å². The van der Waals surface area contributed by atoms with Crippen LogP contribution in [-0.2, 0) is 11.2 Å². The number of ether oxygens (including phenoxy) is 1. The summed E-state index contributed by atoms with van der Waals surface area (Å²) in [6.07, 6.45) is 1.08. The first-order valence-corrected chi connectivity index (χ1v) is 11.0. The first kappa shape index (κ1) is 22.3. The standard InChI is InChI=1S/C26H27N3O4/c1-33-21-10-7-19(8-11-21)9-14-24(30)28-15-17-29(18-16-28)26(32)22-12-13-23(27-25(22)31)20-5-3-2-4-6-20/h2-8,10-13H,9,14-18H2,1H3,(H,27,31). The van der Waals surface area contributed by atoms with E-state index in [1.54, 1.807) is 29.0 Å². The lowest BCUT2D eigenvalue weighted by atomic mass is 10.1. The molecule has 1 aliphatic heterocycles. The van der Waals surface area contributed by atoms with Crippen LogP contribution in [0.2, 0.25) is 0 Å². The molecule has 33 heavy (non-hydrogen) atoms. The summed E-state index contributed by atoms with van der Waals surface area (Å²) in [6, 6.07) is 20.5. The largest absolute Gasteiger partial charge is 0.497 e. The second-order valence-electron chi connectivity index (χ2n) is 8.00. The number of piperazine rings is 1. The number of nitrogens with one attached hydrogen (secondary N) is 1. The number of carbonyl (C=O) groups excluding carboxylic acids is 2. The number of aryl methyl sites for hydroxylation is 1. The number of aromatic amines is 1. The zero-order chi connectivity index (χ0) is 23.2. The van der Waals surface area contributed by atoms with Gasteiger partial charge in [0.2, 0.25) is 5.91 Å². The van der Waals surface area contributed by atoms with Gasteiger partial charge in [-0.25, -0.2) is 0 Å². The van der Waals surface area contributed by atoms with Gasteiger partial charge in [0.25, 0.3) is 11.5 Å². The number of H-pyrrole nitrogens is 1. The van der Waals surface area contributed by atoms with E-state index in [0.717, 1.165) is 16.9 Å². The van der Waals surface area contributed by atoms with Crippen molar-refractivity contribution in [3.8, 4) is 17.0 Å². The summed E-state index contributed by atoms with van der Waals surface area (Å²) in [5.41, 5.74) is 2.35. The first-order chi connectivity index (χ1) is 16.0. The molecule has 0 atom stereocenters. The first-order valence-electron chi connectivity index (χ1n) is 11.0. The Kier molecular flexibility index (Phi) is 6.88. The second-order valence-corrected chi connectivity index (χ2v) is 8.00. The molecule has 1 N–H and O–H groups in total. The molecule has 0 aliphatic carbocycles. The van der Waals surface area contributed by atoms with Crippen molar-refractivity contribution in [1.29, 1.82) is 0 Å². The van der Waals surface area contributed by atoms with E-state index in [4.69, 9.17) is 4.74 Å². The Morgan fingerprint density at radius 3 is 2.18 bits per heavy atom. The molecule has 170 valence electrons. The van der Waals surface area contributed by atoms with Crippen LogP contribution < -0.4 is 10.3 Å². The van der Waals surface area contributed by atoms with Gasteiger partial charge in [0.15, 0.2) is 0 Å². The topological polar surface area (TPSA) is 82.7 Å². The molecule has 4 rings (SSSR count). The smallest absolute Gasteiger partial charge is 0.261 e. The van der Waals surface area contributed by atoms with Crippen LogP contribution in [0.5, 0.6) is 5.75 Å². The Morgan fingerprint density at radius 1 is 0.879 bits per heavy atom. The van der Waals surface area contributed by atoms with Crippen molar-refractivity contribution in [2.75, 3.05) is 33.3 Å². The molecule has 2 aromatic carbocycles. The number of amides is 2. The van der Waals surface area contributed by atoms with Gasteiger partial charge in [-0.3, -0.25) is 14.4 Å². The van der Waals surface area contributed by atoms with Crippen molar-refractivity contribution in [1.82, 2.24) is 14.8 Å². The minimum Gasteiger partial charge on any atom is -0.497 e. The highest BCUT2D eigenvalue weighted by Crippen LogP contribution is 2.16. The number of benzene rings is 2. The van der Waals surface area contributed by atoms with Crippen LogP contribution >= 0.6 is 0 Å². The van der Waals surface area contributed by atoms with E-state index in [9.17, 15) is 14.4 Å². The zero-order valence-corrected chi connectivity index (χ0v) is 18.6. The maximum atomic E-state index is 12.9. The van der Waals surface area contributed by atoms with Crippen LogP contribution in [0.15, 0.2) is 71.5 Å². The van der Waals surface area contributed by atoms with Gasteiger partial charge in [-0.05, 0) is 41.8 Å². The van der Waals surface area contributed by atoms with Crippen LogP contribution in [-0.4, -0.2) is 59.9 Å². The quantitative estimate of drug-likeness (QED) is 0.632. The lowest BCUT2D eigenvalue weighted by Gasteiger charge is -2.34. The summed E-state index contributed by atoms with van der Waals surface area (Å²) in [6.45, 7) is 1.75. The summed E-state index contributed by atoms with van der Waals surface area (Å²) < 4.78 is 5.16. The van der Waals surface area contributed by atoms with Crippen molar-refractivity contribution < 1.29 is 14.3 Å². The fraction of sp³-hybridized carbons (Fsp3) is 0.269. The third-order valence-electron chi connectivity index (χ3n) is 5.93. The molecule has 0 unspecified atom stereocenters. The highest BCUT2D eigenvalue weighted by Gasteiger charge is 2.26. The highest BCUT2D eigenvalue weighted by molar-refractivity contribution is 5.94. The lowest BCUT2D eigenvalue weighted by Crippen LogP contribution is -2.51. The van der Waals surface area contributed by atoms with Gasteiger partial charge in [0.05, 0.1) is 7.11 Å². The average molecular weight is 446 g/mol. The fourth-order valence-corrected chi connectivity index (χ4v) is 3.96. The molecule has 0 saturated carbocycles. The average Bonchev–Trinajstić information content (AvgIpc) is 2.87. The molecule has 1 saturated heterocycles. The third kappa shape index (κ3) is 5.31. The third-order valence-corrected chi connectivity index (χ3v) is 5.93. The van der Waals surface area contributed by atoms with Gasteiger partial charge in [-0.1, -0.05) is 42.5 Å². The Hall–Kier alpha value is -3.87. The highest BCUT2D eigenvalue weighted by atomic mass is 16.5. The molecule has 7 heteroatoms. The van der Waals surface area contributed by atoms with E-state index < -0.39 is 5.56 Å². The van der Waals surface area contributed by atoms with Crippen molar-refractivity contribution in [3.05, 3.63) is 88.2 Å². The number of hydrogen-bond donors (Lipinski definition) is 1. The molecule has 0 spiro atoms. The number of aromatic nitrogens is 1. The van der Waals surface area contributed by atoms with Gasteiger partial charge in [-0.15, -0.1) is 0 Å². The fourth-order valence-electron chi connectivity index (χ4n) is 3.96. The van der Waals surface area contributed by atoms with E-state index in [2.05, 4.69) is 4.98 Å². The van der Waals surface area contributed by atoms with Crippen LogP contribution in [0, 0.1) is 0 Å². The Labute approximate surface area is 192 Å². The number of carbonyl (C=O) groups is 2. The molecule has 2 heterocycles. The number of methoxy groups -OCH3 is 1. The van der Waals surface area contributed by atoms with Crippen molar-refractivity contribution in [2.24, 2.45) is 0 Å². The number of pyridine rings is 1. The van der Waals surface area contributed by atoms with Crippen molar-refractivity contribution in [3.63, 3.8) is 0 Å².